The number of likely N-dealkylation sites (tertiary alicyclic amines) is 1. The second-order valence-corrected chi connectivity index (χ2v) is 6.50. The van der Waals surface area contributed by atoms with Gasteiger partial charge in [0.15, 0.2) is 0 Å². The fourth-order valence-corrected chi connectivity index (χ4v) is 3.77. The van der Waals surface area contributed by atoms with Crippen LogP contribution in [0.5, 0.6) is 5.75 Å². The van der Waals surface area contributed by atoms with Gasteiger partial charge in [0, 0.05) is 30.1 Å². The number of ether oxygens (including phenoxy) is 1. The minimum atomic E-state index is 0.476. The van der Waals surface area contributed by atoms with E-state index in [0.29, 0.717) is 23.9 Å². The summed E-state index contributed by atoms with van der Waals surface area (Å²) in [7, 11) is 0. The van der Waals surface area contributed by atoms with Crippen molar-refractivity contribution in [1.82, 2.24) is 4.90 Å². The fraction of sp³-hybridized carbons (Fsp3) is 0.647. The number of hydrogen-bond acceptors (Lipinski definition) is 3. The van der Waals surface area contributed by atoms with Crippen LogP contribution in [0.25, 0.3) is 0 Å². The summed E-state index contributed by atoms with van der Waals surface area (Å²) in [6.07, 6.45) is 2.53. The Kier molecular flexibility index (Phi) is 3.99. The highest BCUT2D eigenvalue weighted by Gasteiger charge is 2.37. The highest BCUT2D eigenvalue weighted by molar-refractivity contribution is 5.38. The van der Waals surface area contributed by atoms with Gasteiger partial charge >= 0.3 is 0 Å². The molecule has 3 nitrogen and oxygen atoms in total. The highest BCUT2D eigenvalue weighted by atomic mass is 16.5. The van der Waals surface area contributed by atoms with Gasteiger partial charge in [0.25, 0.3) is 0 Å². The molecule has 3 rings (SSSR count). The molecule has 1 fully saturated rings. The van der Waals surface area contributed by atoms with Gasteiger partial charge in [0.05, 0.1) is 6.61 Å². The van der Waals surface area contributed by atoms with Gasteiger partial charge in [-0.2, -0.15) is 0 Å². The molecule has 4 unspecified atom stereocenters. The van der Waals surface area contributed by atoms with E-state index in [0.717, 1.165) is 25.4 Å². The number of para-hydroxylation sites is 1. The molecule has 0 aromatic heterocycles. The van der Waals surface area contributed by atoms with Gasteiger partial charge in [-0.3, -0.25) is 4.90 Å². The molecule has 3 heteroatoms. The lowest BCUT2D eigenvalue weighted by molar-refractivity contribution is 0.0219. The zero-order valence-electron chi connectivity index (χ0n) is 12.6. The number of benzene rings is 1. The number of nitrogens with two attached hydrogens (primary N) is 1. The lowest BCUT2D eigenvalue weighted by Gasteiger charge is -2.46. The van der Waals surface area contributed by atoms with Crippen LogP contribution in [0.15, 0.2) is 24.3 Å². The van der Waals surface area contributed by atoms with Gasteiger partial charge < -0.3 is 10.5 Å². The van der Waals surface area contributed by atoms with Crippen molar-refractivity contribution < 1.29 is 4.74 Å². The summed E-state index contributed by atoms with van der Waals surface area (Å²) in [4.78, 5) is 2.67. The van der Waals surface area contributed by atoms with Crippen molar-refractivity contribution in [3.63, 3.8) is 0 Å². The molecule has 110 valence electrons. The maximum absolute atomic E-state index is 5.92. The van der Waals surface area contributed by atoms with Crippen LogP contribution in [0.1, 0.15) is 38.3 Å². The third-order valence-corrected chi connectivity index (χ3v) is 5.00. The monoisotopic (exact) mass is 274 g/mol. The van der Waals surface area contributed by atoms with Crippen molar-refractivity contribution in [3.05, 3.63) is 29.8 Å². The Morgan fingerprint density at radius 3 is 2.85 bits per heavy atom. The molecule has 2 N–H and O–H groups in total. The lowest BCUT2D eigenvalue weighted by Crippen LogP contribution is -2.49. The van der Waals surface area contributed by atoms with Crippen LogP contribution < -0.4 is 10.5 Å². The molecule has 0 amide bonds. The maximum atomic E-state index is 5.92. The van der Waals surface area contributed by atoms with Crippen molar-refractivity contribution in [1.29, 1.82) is 0 Å². The number of nitrogens with zero attached hydrogens (tertiary/aromatic N) is 1. The van der Waals surface area contributed by atoms with Gasteiger partial charge in [-0.1, -0.05) is 25.1 Å². The van der Waals surface area contributed by atoms with E-state index in [1.807, 2.05) is 0 Å². The largest absolute Gasteiger partial charge is 0.493 e. The Hall–Kier alpha value is -1.06. The maximum Gasteiger partial charge on any atom is 0.124 e. The summed E-state index contributed by atoms with van der Waals surface area (Å²) in [5.41, 5.74) is 7.28. The number of piperidine rings is 1. The zero-order chi connectivity index (χ0) is 14.1. The average Bonchev–Trinajstić information content (AvgIpc) is 2.48. The summed E-state index contributed by atoms with van der Waals surface area (Å²) in [5.74, 6) is 2.25. The topological polar surface area (TPSA) is 38.5 Å². The van der Waals surface area contributed by atoms with Gasteiger partial charge in [-0.05, 0) is 38.3 Å². The van der Waals surface area contributed by atoms with E-state index < -0.39 is 0 Å². The van der Waals surface area contributed by atoms with E-state index in [2.05, 4.69) is 43.0 Å². The van der Waals surface area contributed by atoms with E-state index >= 15 is 0 Å². The van der Waals surface area contributed by atoms with Crippen molar-refractivity contribution in [3.8, 4) is 5.75 Å². The van der Waals surface area contributed by atoms with Gasteiger partial charge in [0.1, 0.15) is 5.75 Å². The number of hydrogen-bond donors (Lipinski definition) is 1. The molecule has 2 heterocycles. The molecule has 0 radical (unpaired) electrons. The van der Waals surface area contributed by atoms with Crippen molar-refractivity contribution in [2.75, 3.05) is 19.7 Å². The molecule has 1 aromatic rings. The Bertz CT molecular complexity index is 462. The summed E-state index contributed by atoms with van der Waals surface area (Å²) in [5, 5.41) is 0. The second-order valence-electron chi connectivity index (χ2n) is 6.50. The Balaban J connectivity index is 1.91. The van der Waals surface area contributed by atoms with Gasteiger partial charge in [-0.25, -0.2) is 0 Å². The summed E-state index contributed by atoms with van der Waals surface area (Å²) in [6, 6.07) is 9.63. The predicted octanol–water partition coefficient (Wildman–Crippen LogP) is 2.82. The fourth-order valence-electron chi connectivity index (χ4n) is 3.77. The summed E-state index contributed by atoms with van der Waals surface area (Å²) >= 11 is 0. The first-order chi connectivity index (χ1) is 9.70. The first-order valence-corrected chi connectivity index (χ1v) is 7.88. The van der Waals surface area contributed by atoms with Crippen LogP contribution in [0, 0.1) is 11.8 Å². The highest BCUT2D eigenvalue weighted by Crippen LogP contribution is 2.42. The first kappa shape index (κ1) is 13.9. The SMILES string of the molecule is CC1COc2ccccc2C1N1CC(CN)CCC1C. The molecular weight excluding hydrogens is 248 g/mol. The number of rotatable bonds is 2. The molecule has 4 atom stereocenters. The quantitative estimate of drug-likeness (QED) is 0.901. The minimum Gasteiger partial charge on any atom is -0.493 e. The minimum absolute atomic E-state index is 0.476. The van der Waals surface area contributed by atoms with Gasteiger partial charge in [-0.15, -0.1) is 0 Å². The third kappa shape index (κ3) is 2.45. The average molecular weight is 274 g/mol. The second kappa shape index (κ2) is 5.74. The molecule has 1 saturated heterocycles. The molecule has 1 aromatic carbocycles. The molecule has 0 spiro atoms. The van der Waals surface area contributed by atoms with Crippen LogP contribution in [-0.2, 0) is 0 Å². The van der Waals surface area contributed by atoms with Crippen LogP contribution in [0.4, 0.5) is 0 Å². The molecule has 2 aliphatic heterocycles. The standard InChI is InChI=1S/C17H26N2O/c1-12-11-20-16-6-4-3-5-15(16)17(12)19-10-14(9-18)8-7-13(19)2/h3-6,12-14,17H,7-11,18H2,1-2H3. The summed E-state index contributed by atoms with van der Waals surface area (Å²) in [6.45, 7) is 7.42. The Morgan fingerprint density at radius 1 is 1.25 bits per heavy atom. The summed E-state index contributed by atoms with van der Waals surface area (Å²) < 4.78 is 5.89. The van der Waals surface area contributed by atoms with Crippen LogP contribution >= 0.6 is 0 Å². The van der Waals surface area contributed by atoms with Crippen LogP contribution in [-0.4, -0.2) is 30.6 Å². The van der Waals surface area contributed by atoms with E-state index in [4.69, 9.17) is 10.5 Å². The zero-order valence-corrected chi connectivity index (χ0v) is 12.6. The van der Waals surface area contributed by atoms with E-state index in [9.17, 15) is 0 Å². The normalized spacial score (nSPS) is 34.4. The van der Waals surface area contributed by atoms with Crippen molar-refractivity contribution in [2.45, 2.75) is 38.8 Å². The molecule has 0 aliphatic carbocycles. The van der Waals surface area contributed by atoms with E-state index in [1.165, 1.54) is 18.4 Å². The molecule has 0 saturated carbocycles. The Morgan fingerprint density at radius 2 is 2.05 bits per heavy atom. The molecular formula is C17H26N2O. The first-order valence-electron chi connectivity index (χ1n) is 7.88. The molecule has 20 heavy (non-hydrogen) atoms. The van der Waals surface area contributed by atoms with E-state index in [1.54, 1.807) is 0 Å². The van der Waals surface area contributed by atoms with Crippen LogP contribution in [0.3, 0.4) is 0 Å². The lowest BCUT2D eigenvalue weighted by atomic mass is 9.85. The van der Waals surface area contributed by atoms with E-state index in [-0.39, 0.29) is 0 Å². The molecule has 0 bridgehead atoms. The number of fused-ring (bicyclic) bond motifs is 1. The van der Waals surface area contributed by atoms with Crippen LogP contribution in [0.2, 0.25) is 0 Å². The Labute approximate surface area is 122 Å². The third-order valence-electron chi connectivity index (χ3n) is 5.00. The van der Waals surface area contributed by atoms with Crippen molar-refractivity contribution >= 4 is 0 Å². The van der Waals surface area contributed by atoms with Crippen molar-refractivity contribution in [2.24, 2.45) is 17.6 Å². The van der Waals surface area contributed by atoms with Gasteiger partial charge in [0.2, 0.25) is 0 Å². The predicted molar refractivity (Wildman–Crippen MR) is 81.8 cm³/mol. The smallest absolute Gasteiger partial charge is 0.124 e. The molecule has 2 aliphatic rings.